The zero-order valence-corrected chi connectivity index (χ0v) is 22.9. The highest BCUT2D eigenvalue weighted by Gasteiger charge is 2.33. The molecule has 0 spiro atoms. The number of rotatable bonds is 11. The molecule has 1 N–H and O–H groups in total. The highest BCUT2D eigenvalue weighted by molar-refractivity contribution is 5.94. The topological polar surface area (TPSA) is 95.2 Å². The Morgan fingerprint density at radius 3 is 2.35 bits per heavy atom. The molecule has 1 aliphatic rings. The molecule has 1 atom stereocenters. The predicted octanol–water partition coefficient (Wildman–Crippen LogP) is 7.35. The predicted molar refractivity (Wildman–Crippen MR) is 154 cm³/mol. The Labute approximate surface area is 233 Å². The minimum atomic E-state index is -0.420. The lowest BCUT2D eigenvalue weighted by atomic mass is 9.85. The molecule has 0 fully saturated rings. The van der Waals surface area contributed by atoms with Crippen LogP contribution in [0.15, 0.2) is 70.1 Å². The van der Waals surface area contributed by atoms with Gasteiger partial charge in [0.2, 0.25) is 5.43 Å². The van der Waals surface area contributed by atoms with Gasteiger partial charge in [-0.15, -0.1) is 0 Å². The van der Waals surface area contributed by atoms with Crippen molar-refractivity contribution in [1.82, 2.24) is 0 Å². The summed E-state index contributed by atoms with van der Waals surface area (Å²) in [4.78, 5) is 26.1. The van der Waals surface area contributed by atoms with Crippen molar-refractivity contribution in [2.45, 2.75) is 57.8 Å². The summed E-state index contributed by atoms with van der Waals surface area (Å²) < 4.78 is 22.6. The van der Waals surface area contributed by atoms with Gasteiger partial charge in [0.15, 0.2) is 0 Å². The van der Waals surface area contributed by atoms with E-state index < -0.39 is 11.9 Å². The Hall–Kier alpha value is -4.26. The molecule has 0 saturated heterocycles. The number of phenolic OH excluding ortho intramolecular Hbond substituents is 1. The highest BCUT2D eigenvalue weighted by atomic mass is 16.5. The number of benzene rings is 3. The molecule has 7 heteroatoms. The monoisotopic (exact) mass is 542 g/mol. The molecule has 5 rings (SSSR count). The van der Waals surface area contributed by atoms with Crippen molar-refractivity contribution >= 4 is 16.9 Å². The van der Waals surface area contributed by atoms with Gasteiger partial charge >= 0.3 is 5.97 Å². The Balaban J connectivity index is 1.43. The molecule has 1 unspecified atom stereocenters. The van der Waals surface area contributed by atoms with E-state index in [2.05, 4.69) is 6.92 Å². The summed E-state index contributed by atoms with van der Waals surface area (Å²) in [6.07, 6.45) is 8.65. The summed E-state index contributed by atoms with van der Waals surface area (Å²) in [5.41, 5.74) is 2.19. The van der Waals surface area contributed by atoms with E-state index in [0.717, 1.165) is 24.2 Å². The number of unbranched alkanes of at least 4 members (excludes halogenated alkanes) is 5. The largest absolute Gasteiger partial charge is 0.507 e. The SMILES string of the molecule is CCCCCCCCOc1ccc(C2CC(=O)Oc3cc(O)c4c(=O)c(-c5ccc(OC)cc5)coc4c32)cc1. The van der Waals surface area contributed by atoms with E-state index in [9.17, 15) is 14.7 Å². The number of phenols is 1. The summed E-state index contributed by atoms with van der Waals surface area (Å²) in [6.45, 7) is 2.87. The fourth-order valence-corrected chi connectivity index (χ4v) is 5.26. The van der Waals surface area contributed by atoms with Crippen molar-refractivity contribution in [2.24, 2.45) is 0 Å². The normalized spacial score (nSPS) is 14.6. The molecule has 0 bridgehead atoms. The molecule has 4 aromatic rings. The van der Waals surface area contributed by atoms with E-state index in [1.54, 1.807) is 31.4 Å². The number of hydrogen-bond donors (Lipinski definition) is 1. The first-order chi connectivity index (χ1) is 19.5. The first-order valence-electron chi connectivity index (χ1n) is 13.9. The number of hydrogen-bond acceptors (Lipinski definition) is 7. The average Bonchev–Trinajstić information content (AvgIpc) is 2.96. The smallest absolute Gasteiger partial charge is 0.312 e. The van der Waals surface area contributed by atoms with Crippen molar-refractivity contribution in [2.75, 3.05) is 13.7 Å². The first kappa shape index (κ1) is 27.3. The molecule has 7 nitrogen and oxygen atoms in total. The second-order valence-corrected chi connectivity index (χ2v) is 10.1. The highest BCUT2D eigenvalue weighted by Crippen LogP contribution is 2.45. The number of carbonyl (C=O) groups excluding carboxylic acids is 1. The third-order valence-electron chi connectivity index (χ3n) is 7.42. The maximum absolute atomic E-state index is 13.6. The molecule has 208 valence electrons. The summed E-state index contributed by atoms with van der Waals surface area (Å²) >= 11 is 0. The Bertz CT molecular complexity index is 1530. The van der Waals surface area contributed by atoms with Crippen LogP contribution < -0.4 is 19.6 Å². The number of ether oxygens (including phenoxy) is 3. The van der Waals surface area contributed by atoms with Crippen LogP contribution in [-0.4, -0.2) is 24.8 Å². The van der Waals surface area contributed by atoms with Crippen LogP contribution in [-0.2, 0) is 4.79 Å². The molecule has 0 radical (unpaired) electrons. The van der Waals surface area contributed by atoms with Crippen molar-refractivity contribution < 1.29 is 28.5 Å². The number of fused-ring (bicyclic) bond motifs is 3. The third-order valence-corrected chi connectivity index (χ3v) is 7.42. The summed E-state index contributed by atoms with van der Waals surface area (Å²) in [5, 5.41) is 10.9. The van der Waals surface area contributed by atoms with Crippen molar-refractivity contribution in [3.05, 3.63) is 82.2 Å². The molecule has 0 saturated carbocycles. The number of carbonyl (C=O) groups is 1. The van der Waals surface area contributed by atoms with Gasteiger partial charge in [0, 0.05) is 17.5 Å². The van der Waals surface area contributed by atoms with Gasteiger partial charge in [0.05, 0.1) is 25.7 Å². The van der Waals surface area contributed by atoms with Gasteiger partial charge in [-0.2, -0.15) is 0 Å². The lowest BCUT2D eigenvalue weighted by Gasteiger charge is -2.26. The first-order valence-corrected chi connectivity index (χ1v) is 13.9. The van der Waals surface area contributed by atoms with Gasteiger partial charge in [-0.25, -0.2) is 0 Å². The summed E-state index contributed by atoms with van der Waals surface area (Å²) in [5.74, 6) is 0.482. The van der Waals surface area contributed by atoms with Gasteiger partial charge in [-0.1, -0.05) is 63.3 Å². The maximum Gasteiger partial charge on any atom is 0.312 e. The van der Waals surface area contributed by atoms with Crippen LogP contribution in [0, 0.1) is 0 Å². The van der Waals surface area contributed by atoms with Gasteiger partial charge in [0.1, 0.15) is 40.2 Å². The van der Waals surface area contributed by atoms with Crippen LogP contribution in [0.2, 0.25) is 0 Å². The lowest BCUT2D eigenvalue weighted by molar-refractivity contribution is -0.135. The Morgan fingerprint density at radius 1 is 0.925 bits per heavy atom. The summed E-state index contributed by atoms with van der Waals surface area (Å²) in [7, 11) is 1.57. The quantitative estimate of drug-likeness (QED) is 0.120. The van der Waals surface area contributed by atoms with E-state index in [1.165, 1.54) is 38.0 Å². The molecule has 1 aromatic heterocycles. The van der Waals surface area contributed by atoms with Crippen molar-refractivity contribution in [3.8, 4) is 34.1 Å². The Kier molecular flexibility index (Phi) is 8.39. The molecule has 3 aromatic carbocycles. The van der Waals surface area contributed by atoms with E-state index in [1.807, 2.05) is 24.3 Å². The van der Waals surface area contributed by atoms with Crippen LogP contribution in [0.25, 0.3) is 22.1 Å². The number of aromatic hydroxyl groups is 1. The molecular weight excluding hydrogens is 508 g/mol. The molecule has 1 aliphatic heterocycles. The van der Waals surface area contributed by atoms with E-state index in [4.69, 9.17) is 18.6 Å². The van der Waals surface area contributed by atoms with Crippen LogP contribution in [0.3, 0.4) is 0 Å². The fraction of sp³-hybridized carbons (Fsp3) is 0.333. The van der Waals surface area contributed by atoms with Crippen LogP contribution >= 0.6 is 0 Å². The lowest BCUT2D eigenvalue weighted by Crippen LogP contribution is -2.22. The van der Waals surface area contributed by atoms with Gasteiger partial charge < -0.3 is 23.7 Å². The fourth-order valence-electron chi connectivity index (χ4n) is 5.26. The maximum atomic E-state index is 13.6. The molecule has 40 heavy (non-hydrogen) atoms. The molecule has 0 amide bonds. The third kappa shape index (κ3) is 5.69. The molecule has 2 heterocycles. The standard InChI is InChI=1S/C33H34O7/c1-3-4-5-6-7-8-17-38-24-15-11-21(12-16-24)25-18-29(35)40-28-19-27(34)31-32(36)26(20-39-33(31)30(25)28)22-9-13-23(37-2)14-10-22/h9-16,19-20,25,34H,3-8,17-18H2,1-2H3. The van der Waals surface area contributed by atoms with Crippen molar-refractivity contribution in [3.63, 3.8) is 0 Å². The number of methoxy groups -OCH3 is 1. The van der Waals surface area contributed by atoms with Crippen LogP contribution in [0.4, 0.5) is 0 Å². The Morgan fingerprint density at radius 2 is 1.62 bits per heavy atom. The van der Waals surface area contributed by atoms with Gasteiger partial charge in [0.25, 0.3) is 0 Å². The van der Waals surface area contributed by atoms with Gasteiger partial charge in [-0.3, -0.25) is 9.59 Å². The molecule has 0 aliphatic carbocycles. The minimum Gasteiger partial charge on any atom is -0.507 e. The second-order valence-electron chi connectivity index (χ2n) is 10.1. The zero-order valence-electron chi connectivity index (χ0n) is 22.9. The van der Waals surface area contributed by atoms with E-state index >= 15 is 0 Å². The average molecular weight is 543 g/mol. The molecular formula is C33H34O7. The summed E-state index contributed by atoms with van der Waals surface area (Å²) in [6, 6.07) is 16.0. The number of esters is 1. The van der Waals surface area contributed by atoms with Crippen LogP contribution in [0.1, 0.15) is 68.9 Å². The van der Waals surface area contributed by atoms with Crippen LogP contribution in [0.5, 0.6) is 23.0 Å². The zero-order chi connectivity index (χ0) is 28.1. The van der Waals surface area contributed by atoms with Crippen molar-refractivity contribution in [1.29, 1.82) is 0 Å². The second kappa shape index (κ2) is 12.3. The van der Waals surface area contributed by atoms with Gasteiger partial charge in [-0.05, 0) is 41.8 Å². The van der Waals surface area contributed by atoms with E-state index in [-0.39, 0.29) is 34.3 Å². The minimum absolute atomic E-state index is 0.0499. The van der Waals surface area contributed by atoms with E-state index in [0.29, 0.717) is 29.0 Å².